The van der Waals surface area contributed by atoms with Gasteiger partial charge in [0.05, 0.1) is 19.4 Å². The first-order chi connectivity index (χ1) is 6.56. The summed E-state index contributed by atoms with van der Waals surface area (Å²) < 4.78 is 7.94. The molecule has 0 aromatic rings. The van der Waals surface area contributed by atoms with E-state index < -0.39 is 18.1 Å². The monoisotopic (exact) mass is 206 g/mol. The lowest BCUT2D eigenvalue weighted by Gasteiger charge is -1.91. The number of aliphatic hydroxyl groups excluding tert-OH is 1. The summed E-state index contributed by atoms with van der Waals surface area (Å²) in [6.07, 6.45) is -0.827. The Morgan fingerprint density at radius 3 is 2.00 bits per heavy atom. The van der Waals surface area contributed by atoms with Crippen LogP contribution in [-0.2, 0) is 19.1 Å². The van der Waals surface area contributed by atoms with Crippen LogP contribution >= 0.6 is 0 Å². The molecule has 0 saturated carbocycles. The molecule has 1 aliphatic rings. The van der Waals surface area contributed by atoms with Crippen LogP contribution in [0.4, 0.5) is 4.79 Å². The fourth-order valence-corrected chi connectivity index (χ4v) is 0.566. The average Bonchev–Trinajstić information content (AvgIpc) is 2.47. The standard InChI is InChI=1S/C4H4O3.C3H6O4/c5-3-1-2-4(6)7-3;4-1-2-7-3(5)6/h1-2H2;4H,1-2H2,(H,5,6). The number of esters is 2. The second-order valence-corrected chi connectivity index (χ2v) is 2.18. The number of ether oxygens (including phenoxy) is 2. The highest BCUT2D eigenvalue weighted by atomic mass is 16.7. The van der Waals surface area contributed by atoms with E-state index in [1.807, 2.05) is 0 Å². The van der Waals surface area contributed by atoms with Gasteiger partial charge in [0.15, 0.2) is 0 Å². The molecule has 0 radical (unpaired) electrons. The summed E-state index contributed by atoms with van der Waals surface area (Å²) in [6, 6.07) is 0. The SMILES string of the molecule is O=C(O)OCCO.O=C1CCC(=O)O1. The fraction of sp³-hybridized carbons (Fsp3) is 0.571. The summed E-state index contributed by atoms with van der Waals surface area (Å²) in [7, 11) is 0. The number of carbonyl (C=O) groups is 3. The first-order valence-electron chi connectivity index (χ1n) is 3.76. The number of cyclic esters (lactones) is 2. The summed E-state index contributed by atoms with van der Waals surface area (Å²) in [6.45, 7) is -0.401. The van der Waals surface area contributed by atoms with Crippen molar-refractivity contribution in [2.45, 2.75) is 12.8 Å². The molecule has 0 aromatic heterocycles. The van der Waals surface area contributed by atoms with Crippen LogP contribution in [-0.4, -0.2) is 41.5 Å². The second-order valence-electron chi connectivity index (χ2n) is 2.18. The second kappa shape index (κ2) is 6.84. The van der Waals surface area contributed by atoms with Gasteiger partial charge in [-0.1, -0.05) is 0 Å². The molecule has 1 fully saturated rings. The average molecular weight is 206 g/mol. The zero-order valence-electron chi connectivity index (χ0n) is 7.26. The molecule has 1 heterocycles. The van der Waals surface area contributed by atoms with Crippen molar-refractivity contribution in [2.75, 3.05) is 13.2 Å². The molecule has 0 amide bonds. The zero-order valence-corrected chi connectivity index (χ0v) is 7.26. The number of hydrogen-bond acceptors (Lipinski definition) is 6. The number of hydrogen-bond donors (Lipinski definition) is 2. The van der Waals surface area contributed by atoms with Crippen LogP contribution in [0.2, 0.25) is 0 Å². The molecule has 0 atom stereocenters. The maximum atomic E-state index is 10.0. The predicted molar refractivity (Wildman–Crippen MR) is 41.4 cm³/mol. The Labute approximate surface area is 79.2 Å². The number of carboxylic acid groups (broad SMARTS) is 1. The minimum atomic E-state index is -1.35. The number of aliphatic hydroxyl groups is 1. The van der Waals surface area contributed by atoms with Crippen molar-refractivity contribution in [3.63, 3.8) is 0 Å². The molecule has 14 heavy (non-hydrogen) atoms. The van der Waals surface area contributed by atoms with E-state index in [1.54, 1.807) is 0 Å². The molecule has 0 aliphatic carbocycles. The van der Waals surface area contributed by atoms with Crippen LogP contribution in [0.25, 0.3) is 0 Å². The summed E-state index contributed by atoms with van der Waals surface area (Å²) in [5.41, 5.74) is 0. The van der Waals surface area contributed by atoms with Gasteiger partial charge in [-0.05, 0) is 0 Å². The summed E-state index contributed by atoms with van der Waals surface area (Å²) in [4.78, 5) is 29.4. The lowest BCUT2D eigenvalue weighted by molar-refractivity contribution is -0.151. The number of rotatable bonds is 2. The van der Waals surface area contributed by atoms with Gasteiger partial charge < -0.3 is 19.7 Å². The van der Waals surface area contributed by atoms with E-state index in [4.69, 9.17) is 10.2 Å². The van der Waals surface area contributed by atoms with Gasteiger partial charge in [-0.3, -0.25) is 9.59 Å². The van der Waals surface area contributed by atoms with E-state index >= 15 is 0 Å². The molecule has 1 aliphatic heterocycles. The van der Waals surface area contributed by atoms with Gasteiger partial charge in [0, 0.05) is 0 Å². The smallest absolute Gasteiger partial charge is 0.450 e. The Morgan fingerprint density at radius 2 is 1.86 bits per heavy atom. The van der Waals surface area contributed by atoms with E-state index in [2.05, 4.69) is 9.47 Å². The summed E-state index contributed by atoms with van der Waals surface area (Å²) >= 11 is 0. The van der Waals surface area contributed by atoms with Gasteiger partial charge in [0.1, 0.15) is 6.61 Å². The Balaban J connectivity index is 0.000000241. The maximum absolute atomic E-state index is 10.0. The van der Waals surface area contributed by atoms with Crippen LogP contribution in [0.3, 0.4) is 0 Å². The van der Waals surface area contributed by atoms with Gasteiger partial charge in [-0.25, -0.2) is 4.79 Å². The van der Waals surface area contributed by atoms with Crippen LogP contribution in [0.5, 0.6) is 0 Å². The van der Waals surface area contributed by atoms with Crippen molar-refractivity contribution in [3.05, 3.63) is 0 Å². The van der Waals surface area contributed by atoms with Crippen LogP contribution in [0.15, 0.2) is 0 Å². The van der Waals surface area contributed by atoms with Gasteiger partial charge in [0.2, 0.25) is 0 Å². The van der Waals surface area contributed by atoms with Gasteiger partial charge in [0.25, 0.3) is 0 Å². The molecule has 7 nitrogen and oxygen atoms in total. The Hall–Kier alpha value is -1.63. The van der Waals surface area contributed by atoms with Crippen molar-refractivity contribution in [1.29, 1.82) is 0 Å². The zero-order chi connectivity index (χ0) is 11.0. The Kier molecular flexibility index (Phi) is 6.04. The topological polar surface area (TPSA) is 110 Å². The largest absolute Gasteiger partial charge is 0.505 e. The minimum Gasteiger partial charge on any atom is -0.450 e. The molecule has 7 heteroatoms. The van der Waals surface area contributed by atoms with E-state index in [1.165, 1.54) is 0 Å². The van der Waals surface area contributed by atoms with Gasteiger partial charge >= 0.3 is 18.1 Å². The molecule has 0 unspecified atom stereocenters. The highest BCUT2D eigenvalue weighted by Crippen LogP contribution is 2.03. The molecule has 1 saturated heterocycles. The fourth-order valence-electron chi connectivity index (χ4n) is 0.566. The lowest BCUT2D eigenvalue weighted by atomic mass is 10.4. The van der Waals surface area contributed by atoms with E-state index in [0.29, 0.717) is 0 Å². The third kappa shape index (κ3) is 7.04. The normalized spacial score (nSPS) is 14.1. The van der Waals surface area contributed by atoms with E-state index in [-0.39, 0.29) is 26.1 Å². The van der Waals surface area contributed by atoms with Crippen molar-refractivity contribution >= 4 is 18.1 Å². The van der Waals surface area contributed by atoms with Crippen LogP contribution < -0.4 is 0 Å². The quantitative estimate of drug-likeness (QED) is 0.463. The van der Waals surface area contributed by atoms with E-state index in [0.717, 1.165) is 0 Å². The molecular formula is C7H10O7. The van der Waals surface area contributed by atoms with Crippen LogP contribution in [0, 0.1) is 0 Å². The van der Waals surface area contributed by atoms with Crippen molar-refractivity contribution in [3.8, 4) is 0 Å². The molecule has 0 aromatic carbocycles. The summed E-state index contributed by atoms with van der Waals surface area (Å²) in [5.74, 6) is -0.796. The van der Waals surface area contributed by atoms with Crippen molar-refractivity contribution < 1.29 is 34.1 Å². The lowest BCUT2D eigenvalue weighted by Crippen LogP contribution is -2.04. The Bertz CT molecular complexity index is 208. The van der Waals surface area contributed by atoms with Crippen molar-refractivity contribution in [2.24, 2.45) is 0 Å². The van der Waals surface area contributed by atoms with E-state index in [9.17, 15) is 14.4 Å². The van der Waals surface area contributed by atoms with Gasteiger partial charge in [-0.2, -0.15) is 0 Å². The molecular weight excluding hydrogens is 196 g/mol. The van der Waals surface area contributed by atoms with Crippen molar-refractivity contribution in [1.82, 2.24) is 0 Å². The summed E-state index contributed by atoms with van der Waals surface area (Å²) in [5, 5.41) is 15.6. The number of carbonyl (C=O) groups excluding carboxylic acids is 2. The predicted octanol–water partition coefficient (Wildman–Crippen LogP) is -0.477. The third-order valence-electron chi connectivity index (χ3n) is 1.08. The van der Waals surface area contributed by atoms with Gasteiger partial charge in [-0.15, -0.1) is 0 Å². The first kappa shape index (κ1) is 12.4. The molecule has 0 spiro atoms. The Morgan fingerprint density at radius 1 is 1.36 bits per heavy atom. The van der Waals surface area contributed by atoms with Crippen LogP contribution in [0.1, 0.15) is 12.8 Å². The third-order valence-corrected chi connectivity index (χ3v) is 1.08. The molecule has 2 N–H and O–H groups in total. The highest BCUT2D eigenvalue weighted by Gasteiger charge is 2.19. The molecule has 80 valence electrons. The maximum Gasteiger partial charge on any atom is 0.505 e. The minimum absolute atomic E-state index is 0.144. The first-order valence-corrected chi connectivity index (χ1v) is 3.76. The molecule has 1 rings (SSSR count). The molecule has 0 bridgehead atoms. The highest BCUT2D eigenvalue weighted by molar-refractivity contribution is 5.92.